The van der Waals surface area contributed by atoms with Crippen molar-refractivity contribution >= 4 is 22.4 Å². The molecule has 0 fully saturated rings. The van der Waals surface area contributed by atoms with Gasteiger partial charge in [0, 0.05) is 24.0 Å². The molecule has 0 saturated carbocycles. The summed E-state index contributed by atoms with van der Waals surface area (Å²) in [6.07, 6.45) is 6.79. The van der Waals surface area contributed by atoms with Crippen LogP contribution in [0, 0.1) is 0 Å². The normalized spacial score (nSPS) is 13.9. The molecule has 2 aromatic carbocycles. The van der Waals surface area contributed by atoms with Crippen molar-refractivity contribution in [3.63, 3.8) is 0 Å². The molecule has 150 valence electrons. The Bertz CT molecular complexity index is 1140. The maximum atomic E-state index is 4.58. The number of aromatic nitrogens is 3. The molecule has 0 amide bonds. The van der Waals surface area contributed by atoms with E-state index in [1.54, 1.807) is 6.33 Å². The second-order valence-electron chi connectivity index (χ2n) is 7.80. The second-order valence-corrected chi connectivity index (χ2v) is 7.80. The van der Waals surface area contributed by atoms with E-state index >= 15 is 0 Å². The van der Waals surface area contributed by atoms with Crippen molar-refractivity contribution in [2.75, 3.05) is 18.4 Å². The number of nitrogens with zero attached hydrogens (tertiary/aromatic N) is 4. The van der Waals surface area contributed by atoms with Crippen LogP contribution >= 0.6 is 0 Å². The van der Waals surface area contributed by atoms with Crippen LogP contribution in [-0.2, 0) is 19.4 Å². The molecule has 1 aliphatic rings. The molecule has 5 heteroatoms. The van der Waals surface area contributed by atoms with Gasteiger partial charge < -0.3 is 5.32 Å². The number of aryl methyl sites for hydroxylation is 1. The van der Waals surface area contributed by atoms with Gasteiger partial charge in [-0.15, -0.1) is 0 Å². The zero-order chi connectivity index (χ0) is 20.2. The molecule has 4 aromatic rings. The Morgan fingerprint density at radius 2 is 1.80 bits per heavy atom. The number of rotatable bonds is 6. The minimum Gasteiger partial charge on any atom is -0.339 e. The number of nitrogens with one attached hydrogen (secondary N) is 1. The summed E-state index contributed by atoms with van der Waals surface area (Å²) in [6, 6.07) is 21.0. The maximum absolute atomic E-state index is 4.58. The van der Waals surface area contributed by atoms with Crippen LogP contribution < -0.4 is 5.32 Å². The van der Waals surface area contributed by atoms with Gasteiger partial charge in [0.2, 0.25) is 0 Å². The van der Waals surface area contributed by atoms with Gasteiger partial charge in [-0.3, -0.25) is 9.88 Å². The fraction of sp³-hybridized carbons (Fsp3) is 0.240. The highest BCUT2D eigenvalue weighted by Gasteiger charge is 2.20. The molecule has 1 aliphatic heterocycles. The van der Waals surface area contributed by atoms with E-state index in [0.29, 0.717) is 0 Å². The zero-order valence-electron chi connectivity index (χ0n) is 17.0. The first-order valence-corrected chi connectivity index (χ1v) is 10.6. The van der Waals surface area contributed by atoms with Gasteiger partial charge in [-0.05, 0) is 43.5 Å². The first-order valence-electron chi connectivity index (χ1n) is 10.6. The standard InChI is InChI=1S/C25H25N5/c1-2-7-19(8-3-1)9-6-13-30-14-12-22-24(17-30)27-18-28-25(22)29-21-15-20-10-4-5-11-23(20)26-16-21/h1-5,7-8,10-11,15-16,18H,6,9,12-14,17H2,(H,27,28,29). The van der Waals surface area contributed by atoms with Crippen LogP contribution in [0.25, 0.3) is 10.9 Å². The van der Waals surface area contributed by atoms with Gasteiger partial charge in [0.25, 0.3) is 0 Å². The van der Waals surface area contributed by atoms with Crippen LogP contribution in [0.1, 0.15) is 23.2 Å². The van der Waals surface area contributed by atoms with Crippen LogP contribution in [0.15, 0.2) is 73.2 Å². The maximum Gasteiger partial charge on any atom is 0.137 e. The Labute approximate surface area is 176 Å². The Kier molecular flexibility index (Phi) is 5.36. The van der Waals surface area contributed by atoms with Gasteiger partial charge in [0.1, 0.15) is 12.1 Å². The minimum absolute atomic E-state index is 0.886. The molecular formula is C25H25N5. The number of pyridine rings is 1. The summed E-state index contributed by atoms with van der Waals surface area (Å²) in [5.41, 5.74) is 5.73. The Morgan fingerprint density at radius 3 is 2.73 bits per heavy atom. The SMILES string of the molecule is c1ccc(CCCN2CCc3c(ncnc3Nc3cnc4ccccc4c3)C2)cc1. The van der Waals surface area contributed by atoms with Crippen LogP contribution in [0.2, 0.25) is 0 Å². The number of hydrogen-bond donors (Lipinski definition) is 1. The quantitative estimate of drug-likeness (QED) is 0.510. The third-order valence-corrected chi connectivity index (χ3v) is 5.72. The lowest BCUT2D eigenvalue weighted by Gasteiger charge is -2.28. The molecule has 0 unspecified atom stereocenters. The number of benzene rings is 2. The van der Waals surface area contributed by atoms with Crippen molar-refractivity contribution in [2.45, 2.75) is 25.8 Å². The summed E-state index contributed by atoms with van der Waals surface area (Å²) in [5, 5.41) is 4.59. The number of para-hydroxylation sites is 1. The largest absolute Gasteiger partial charge is 0.339 e. The third kappa shape index (κ3) is 4.16. The van der Waals surface area contributed by atoms with Gasteiger partial charge in [-0.25, -0.2) is 9.97 Å². The van der Waals surface area contributed by atoms with E-state index in [4.69, 9.17) is 0 Å². The second kappa shape index (κ2) is 8.59. The summed E-state index contributed by atoms with van der Waals surface area (Å²) in [5.74, 6) is 0.904. The smallest absolute Gasteiger partial charge is 0.137 e. The van der Waals surface area contributed by atoms with Gasteiger partial charge in [-0.2, -0.15) is 0 Å². The monoisotopic (exact) mass is 395 g/mol. The van der Waals surface area contributed by atoms with Crippen molar-refractivity contribution in [2.24, 2.45) is 0 Å². The van der Waals surface area contributed by atoms with Crippen molar-refractivity contribution in [1.82, 2.24) is 19.9 Å². The molecule has 5 nitrogen and oxygen atoms in total. The molecule has 5 rings (SSSR count). The van der Waals surface area contributed by atoms with E-state index in [9.17, 15) is 0 Å². The third-order valence-electron chi connectivity index (χ3n) is 5.72. The summed E-state index contributed by atoms with van der Waals surface area (Å²) in [7, 11) is 0. The number of fused-ring (bicyclic) bond motifs is 2. The Hall–Kier alpha value is -3.31. The van der Waals surface area contributed by atoms with Crippen molar-refractivity contribution in [3.05, 3.63) is 90.0 Å². The number of anilines is 2. The van der Waals surface area contributed by atoms with Gasteiger partial charge in [0.05, 0.1) is 23.1 Å². The van der Waals surface area contributed by atoms with E-state index in [0.717, 1.165) is 67.0 Å². The lowest BCUT2D eigenvalue weighted by molar-refractivity contribution is 0.247. The zero-order valence-corrected chi connectivity index (χ0v) is 17.0. The molecule has 0 saturated heterocycles. The lowest BCUT2D eigenvalue weighted by Crippen LogP contribution is -2.32. The molecule has 0 spiro atoms. The van der Waals surface area contributed by atoms with Crippen LogP contribution in [0.4, 0.5) is 11.5 Å². The van der Waals surface area contributed by atoms with E-state index < -0.39 is 0 Å². The van der Waals surface area contributed by atoms with Crippen LogP contribution in [0.3, 0.4) is 0 Å². The molecule has 0 bridgehead atoms. The fourth-order valence-electron chi connectivity index (χ4n) is 4.13. The minimum atomic E-state index is 0.886. The molecule has 0 atom stereocenters. The first kappa shape index (κ1) is 18.7. The fourth-order valence-corrected chi connectivity index (χ4v) is 4.13. The van der Waals surface area contributed by atoms with E-state index in [-0.39, 0.29) is 0 Å². The van der Waals surface area contributed by atoms with E-state index in [1.807, 2.05) is 24.4 Å². The first-order chi connectivity index (χ1) is 14.8. The average Bonchev–Trinajstić information content (AvgIpc) is 2.80. The molecule has 1 N–H and O–H groups in total. The van der Waals surface area contributed by atoms with Gasteiger partial charge >= 0.3 is 0 Å². The average molecular weight is 396 g/mol. The lowest BCUT2D eigenvalue weighted by atomic mass is 10.0. The molecule has 30 heavy (non-hydrogen) atoms. The predicted molar refractivity (Wildman–Crippen MR) is 121 cm³/mol. The summed E-state index contributed by atoms with van der Waals surface area (Å²) in [4.78, 5) is 16.2. The molecule has 3 heterocycles. The highest BCUT2D eigenvalue weighted by molar-refractivity contribution is 5.82. The number of hydrogen-bond acceptors (Lipinski definition) is 5. The highest BCUT2D eigenvalue weighted by Crippen LogP contribution is 2.26. The van der Waals surface area contributed by atoms with E-state index in [2.05, 4.69) is 67.6 Å². The topological polar surface area (TPSA) is 53.9 Å². The highest BCUT2D eigenvalue weighted by atomic mass is 15.1. The Balaban J connectivity index is 1.25. The molecular weight excluding hydrogens is 370 g/mol. The van der Waals surface area contributed by atoms with Gasteiger partial charge in [0.15, 0.2) is 0 Å². The van der Waals surface area contributed by atoms with E-state index in [1.165, 1.54) is 11.1 Å². The van der Waals surface area contributed by atoms with Crippen LogP contribution in [-0.4, -0.2) is 32.9 Å². The molecule has 0 aliphatic carbocycles. The Morgan fingerprint density at radius 1 is 0.933 bits per heavy atom. The van der Waals surface area contributed by atoms with Crippen molar-refractivity contribution < 1.29 is 0 Å². The van der Waals surface area contributed by atoms with Crippen molar-refractivity contribution in [1.29, 1.82) is 0 Å². The summed E-state index contributed by atoms with van der Waals surface area (Å²) in [6.45, 7) is 3.02. The van der Waals surface area contributed by atoms with Crippen molar-refractivity contribution in [3.8, 4) is 0 Å². The predicted octanol–water partition coefficient (Wildman–Crippen LogP) is 4.76. The van der Waals surface area contributed by atoms with Crippen LogP contribution in [0.5, 0.6) is 0 Å². The molecule has 0 radical (unpaired) electrons. The summed E-state index contributed by atoms with van der Waals surface area (Å²) < 4.78 is 0. The van der Waals surface area contributed by atoms with Gasteiger partial charge in [-0.1, -0.05) is 48.5 Å². The molecule has 2 aromatic heterocycles. The summed E-state index contributed by atoms with van der Waals surface area (Å²) >= 11 is 0.